The lowest BCUT2D eigenvalue weighted by Gasteiger charge is -2.31. The smallest absolute Gasteiger partial charge is 0.328 e. The molecule has 2 aliphatic rings. The number of piperidine rings is 1. The maximum atomic E-state index is 11.9. The average molecular weight is 287 g/mol. The second-order valence-electron chi connectivity index (χ2n) is 5.77. The number of amides is 3. The molecule has 0 aliphatic carbocycles. The summed E-state index contributed by atoms with van der Waals surface area (Å²) in [5.74, 6) is -0.196. The first-order valence-electron chi connectivity index (χ1n) is 7.62. The van der Waals surface area contributed by atoms with E-state index in [9.17, 15) is 9.59 Å². The van der Waals surface area contributed by atoms with Gasteiger partial charge in [0.1, 0.15) is 0 Å². The lowest BCUT2D eigenvalue weighted by molar-refractivity contribution is -0.120. The van der Waals surface area contributed by atoms with Gasteiger partial charge in [-0.2, -0.15) is 0 Å². The van der Waals surface area contributed by atoms with Crippen LogP contribution in [-0.4, -0.2) is 31.6 Å². The van der Waals surface area contributed by atoms with Gasteiger partial charge in [0.25, 0.3) is 0 Å². The Hall–Kier alpha value is -2.04. The van der Waals surface area contributed by atoms with E-state index in [2.05, 4.69) is 22.3 Å². The molecule has 2 aliphatic heterocycles. The largest absolute Gasteiger partial charge is 0.372 e. The number of carbonyl (C=O) groups excluding carboxylic acids is 2. The third kappa shape index (κ3) is 2.86. The molecule has 0 spiro atoms. The highest BCUT2D eigenvalue weighted by molar-refractivity contribution is 6.06. The van der Waals surface area contributed by atoms with Gasteiger partial charge >= 0.3 is 6.03 Å². The van der Waals surface area contributed by atoms with Crippen LogP contribution in [0, 0.1) is 6.92 Å². The Morgan fingerprint density at radius 3 is 2.48 bits per heavy atom. The minimum absolute atomic E-state index is 0.196. The van der Waals surface area contributed by atoms with Gasteiger partial charge in [-0.1, -0.05) is 0 Å². The normalized spacial score (nSPS) is 19.7. The van der Waals surface area contributed by atoms with E-state index in [0.717, 1.165) is 24.3 Å². The van der Waals surface area contributed by atoms with Gasteiger partial charge in [-0.15, -0.1) is 0 Å². The van der Waals surface area contributed by atoms with Crippen molar-refractivity contribution in [3.8, 4) is 0 Å². The van der Waals surface area contributed by atoms with Crippen LogP contribution in [0.1, 0.15) is 31.2 Å². The molecule has 2 heterocycles. The second-order valence-corrected chi connectivity index (χ2v) is 5.77. The first kappa shape index (κ1) is 13.9. The molecule has 3 rings (SSSR count). The van der Waals surface area contributed by atoms with E-state index in [1.54, 1.807) is 4.90 Å². The number of aryl methyl sites for hydroxylation is 1. The van der Waals surface area contributed by atoms with Gasteiger partial charge in [-0.05, 0) is 49.9 Å². The molecule has 0 unspecified atom stereocenters. The maximum Gasteiger partial charge on any atom is 0.328 e. The number of hydrogen-bond acceptors (Lipinski definition) is 3. The van der Waals surface area contributed by atoms with Crippen LogP contribution in [0.2, 0.25) is 0 Å². The van der Waals surface area contributed by atoms with Gasteiger partial charge in [0.2, 0.25) is 5.91 Å². The van der Waals surface area contributed by atoms with Crippen LogP contribution < -0.4 is 15.1 Å². The van der Waals surface area contributed by atoms with Crippen molar-refractivity contribution in [3.63, 3.8) is 0 Å². The zero-order valence-corrected chi connectivity index (χ0v) is 12.4. The van der Waals surface area contributed by atoms with Gasteiger partial charge in [0.05, 0.1) is 0 Å². The molecule has 0 atom stereocenters. The monoisotopic (exact) mass is 287 g/mol. The van der Waals surface area contributed by atoms with Crippen molar-refractivity contribution in [2.45, 2.75) is 32.6 Å². The predicted octanol–water partition coefficient (Wildman–Crippen LogP) is 2.43. The topological polar surface area (TPSA) is 52.6 Å². The van der Waals surface area contributed by atoms with Crippen LogP contribution in [0.25, 0.3) is 0 Å². The number of nitrogens with one attached hydrogen (secondary N) is 1. The lowest BCUT2D eigenvalue weighted by atomic mass is 10.1. The molecule has 3 amide bonds. The number of anilines is 2. The van der Waals surface area contributed by atoms with E-state index < -0.39 is 0 Å². The molecular weight excluding hydrogens is 266 g/mol. The van der Waals surface area contributed by atoms with Gasteiger partial charge < -0.3 is 4.90 Å². The molecule has 0 saturated carbocycles. The lowest BCUT2D eigenvalue weighted by Crippen LogP contribution is -2.49. The van der Waals surface area contributed by atoms with Crippen LogP contribution in [0.4, 0.5) is 16.2 Å². The summed E-state index contributed by atoms with van der Waals surface area (Å²) in [6.45, 7) is 4.69. The molecule has 2 fully saturated rings. The predicted molar refractivity (Wildman–Crippen MR) is 82.7 cm³/mol. The van der Waals surface area contributed by atoms with Crippen LogP contribution >= 0.6 is 0 Å². The minimum atomic E-state index is -0.319. The van der Waals surface area contributed by atoms with Crippen LogP contribution in [-0.2, 0) is 4.79 Å². The molecule has 1 N–H and O–H groups in total. The Bertz CT molecular complexity index is 565. The fourth-order valence-corrected chi connectivity index (χ4v) is 3.09. The van der Waals surface area contributed by atoms with Crippen molar-refractivity contribution in [2.24, 2.45) is 0 Å². The molecule has 0 bridgehead atoms. The molecule has 2 saturated heterocycles. The zero-order valence-electron chi connectivity index (χ0n) is 12.4. The van der Waals surface area contributed by atoms with E-state index in [-0.39, 0.29) is 11.9 Å². The summed E-state index contributed by atoms with van der Waals surface area (Å²) in [4.78, 5) is 27.2. The summed E-state index contributed by atoms with van der Waals surface area (Å²) in [6.07, 6.45) is 4.17. The fourth-order valence-electron chi connectivity index (χ4n) is 3.09. The number of hydrogen-bond donors (Lipinski definition) is 1. The van der Waals surface area contributed by atoms with Gasteiger partial charge in [0, 0.05) is 37.4 Å². The van der Waals surface area contributed by atoms with Crippen LogP contribution in [0.5, 0.6) is 0 Å². The quantitative estimate of drug-likeness (QED) is 0.909. The van der Waals surface area contributed by atoms with Gasteiger partial charge in [-0.25, -0.2) is 4.79 Å². The highest BCUT2D eigenvalue weighted by Crippen LogP contribution is 2.28. The third-order valence-corrected chi connectivity index (χ3v) is 4.25. The molecule has 5 nitrogen and oxygen atoms in total. The Kier molecular flexibility index (Phi) is 3.82. The molecular formula is C16H21N3O2. The number of imide groups is 1. The van der Waals surface area contributed by atoms with Crippen molar-refractivity contribution in [1.29, 1.82) is 0 Å². The molecule has 21 heavy (non-hydrogen) atoms. The molecule has 5 heteroatoms. The van der Waals surface area contributed by atoms with Crippen molar-refractivity contribution in [1.82, 2.24) is 5.32 Å². The molecule has 0 radical (unpaired) electrons. The van der Waals surface area contributed by atoms with E-state index in [1.165, 1.54) is 24.9 Å². The minimum Gasteiger partial charge on any atom is -0.372 e. The summed E-state index contributed by atoms with van der Waals surface area (Å²) in [5, 5.41) is 2.37. The van der Waals surface area contributed by atoms with E-state index in [0.29, 0.717) is 13.0 Å². The molecule has 0 aromatic heterocycles. The summed E-state index contributed by atoms with van der Waals surface area (Å²) >= 11 is 0. The summed E-state index contributed by atoms with van der Waals surface area (Å²) < 4.78 is 0. The van der Waals surface area contributed by atoms with Gasteiger partial charge in [0.15, 0.2) is 0 Å². The first-order chi connectivity index (χ1) is 10.1. The number of nitrogens with zero attached hydrogens (tertiary/aromatic N) is 2. The Morgan fingerprint density at radius 1 is 1.05 bits per heavy atom. The highest BCUT2D eigenvalue weighted by atomic mass is 16.2. The zero-order chi connectivity index (χ0) is 14.8. The van der Waals surface area contributed by atoms with E-state index in [4.69, 9.17) is 0 Å². The van der Waals surface area contributed by atoms with Gasteiger partial charge in [-0.3, -0.25) is 15.0 Å². The van der Waals surface area contributed by atoms with Crippen molar-refractivity contribution in [2.75, 3.05) is 29.4 Å². The fraction of sp³-hybridized carbons (Fsp3) is 0.500. The number of benzene rings is 1. The average Bonchev–Trinajstić information content (AvgIpc) is 2.49. The Morgan fingerprint density at radius 2 is 1.81 bits per heavy atom. The van der Waals surface area contributed by atoms with E-state index in [1.807, 2.05) is 13.0 Å². The second kappa shape index (κ2) is 5.76. The van der Waals surface area contributed by atoms with Crippen LogP contribution in [0.15, 0.2) is 18.2 Å². The highest BCUT2D eigenvalue weighted by Gasteiger charge is 2.25. The SMILES string of the molecule is Cc1cc(N2CCCCC2)ccc1N1CCC(=O)NC1=O. The van der Waals surface area contributed by atoms with E-state index >= 15 is 0 Å². The van der Waals surface area contributed by atoms with Crippen molar-refractivity contribution >= 4 is 23.3 Å². The summed E-state index contributed by atoms with van der Waals surface area (Å²) in [7, 11) is 0. The summed E-state index contributed by atoms with van der Waals surface area (Å²) in [5.41, 5.74) is 3.19. The maximum absolute atomic E-state index is 11.9. The summed E-state index contributed by atoms with van der Waals surface area (Å²) in [6, 6.07) is 5.90. The molecule has 1 aromatic rings. The Labute approximate surface area is 124 Å². The number of rotatable bonds is 2. The standard InChI is InChI=1S/C16H21N3O2/c1-12-11-13(18-8-3-2-4-9-18)5-6-14(12)19-10-7-15(20)17-16(19)21/h5-6,11H,2-4,7-10H2,1H3,(H,17,20,21). The first-order valence-corrected chi connectivity index (χ1v) is 7.62. The van der Waals surface area contributed by atoms with Crippen LogP contribution in [0.3, 0.4) is 0 Å². The third-order valence-electron chi connectivity index (χ3n) is 4.25. The van der Waals surface area contributed by atoms with Crippen molar-refractivity contribution in [3.05, 3.63) is 23.8 Å². The Balaban J connectivity index is 1.81. The number of carbonyl (C=O) groups is 2. The number of urea groups is 1. The molecule has 112 valence electrons. The van der Waals surface area contributed by atoms with Crippen molar-refractivity contribution < 1.29 is 9.59 Å². The molecule has 1 aromatic carbocycles.